The fourth-order valence-electron chi connectivity index (χ4n) is 1.07. The smallest absolute Gasteiger partial charge is 0.176 e. The summed E-state index contributed by atoms with van der Waals surface area (Å²) in [5.74, 6) is 0.680. The van der Waals surface area contributed by atoms with E-state index in [2.05, 4.69) is 20.3 Å². The van der Waals surface area contributed by atoms with Crippen LogP contribution in [0.15, 0.2) is 10.7 Å². The molecule has 15 heavy (non-hydrogen) atoms. The lowest BCUT2D eigenvalue weighted by atomic mass is 10.5. The van der Waals surface area contributed by atoms with Crippen LogP contribution in [0.3, 0.4) is 0 Å². The minimum absolute atomic E-state index is 0.235. The number of aromatic nitrogens is 3. The molecular formula is C8H7N5S2. The Balaban J connectivity index is 2.45. The van der Waals surface area contributed by atoms with Gasteiger partial charge in [0.05, 0.1) is 6.07 Å². The van der Waals surface area contributed by atoms with Crippen molar-refractivity contribution < 1.29 is 0 Å². The summed E-state index contributed by atoms with van der Waals surface area (Å²) in [5.41, 5.74) is 0.680. The highest BCUT2D eigenvalue weighted by molar-refractivity contribution is 8.00. The topological polar surface area (TPSA) is 74.5 Å². The first-order chi connectivity index (χ1) is 7.35. The average molecular weight is 237 g/mol. The number of fused-ring (bicyclic) bond motifs is 1. The lowest BCUT2D eigenvalue weighted by Gasteiger charge is -1.98. The molecule has 7 heteroatoms. The second-order valence-electron chi connectivity index (χ2n) is 2.57. The Labute approximate surface area is 94.6 Å². The van der Waals surface area contributed by atoms with Gasteiger partial charge in [-0.1, -0.05) is 11.8 Å². The molecular weight excluding hydrogens is 230 g/mol. The van der Waals surface area contributed by atoms with Crippen LogP contribution in [0.1, 0.15) is 0 Å². The Morgan fingerprint density at radius 1 is 1.60 bits per heavy atom. The van der Waals surface area contributed by atoms with Gasteiger partial charge in [0.1, 0.15) is 23.4 Å². The van der Waals surface area contributed by atoms with Gasteiger partial charge in [-0.05, 0) is 6.26 Å². The number of nitrogens with zero attached hydrogens (tertiary/aromatic N) is 4. The highest BCUT2D eigenvalue weighted by Gasteiger charge is 2.08. The quantitative estimate of drug-likeness (QED) is 0.647. The minimum atomic E-state index is 0.235. The van der Waals surface area contributed by atoms with Crippen molar-refractivity contribution in [2.45, 2.75) is 4.34 Å². The molecule has 0 atom stereocenters. The zero-order valence-electron chi connectivity index (χ0n) is 7.89. The van der Waals surface area contributed by atoms with E-state index in [-0.39, 0.29) is 6.54 Å². The average Bonchev–Trinajstić information content (AvgIpc) is 2.69. The molecule has 2 aromatic heterocycles. The fourth-order valence-corrected chi connectivity index (χ4v) is 2.55. The number of hydrogen-bond acceptors (Lipinski definition) is 7. The molecule has 0 amide bonds. The first kappa shape index (κ1) is 10.1. The normalized spacial score (nSPS) is 10.1. The van der Waals surface area contributed by atoms with Gasteiger partial charge in [-0.3, -0.25) is 0 Å². The van der Waals surface area contributed by atoms with Gasteiger partial charge < -0.3 is 5.32 Å². The van der Waals surface area contributed by atoms with E-state index in [9.17, 15) is 0 Å². The summed E-state index contributed by atoms with van der Waals surface area (Å²) < 4.78 is 1.85. The number of anilines is 1. The first-order valence-electron chi connectivity index (χ1n) is 4.11. The van der Waals surface area contributed by atoms with Crippen molar-refractivity contribution in [1.82, 2.24) is 15.0 Å². The number of nitriles is 1. The molecule has 0 aliphatic carbocycles. The van der Waals surface area contributed by atoms with Gasteiger partial charge in [0.25, 0.3) is 0 Å². The molecule has 0 saturated heterocycles. The van der Waals surface area contributed by atoms with Crippen LogP contribution >= 0.6 is 23.1 Å². The van der Waals surface area contributed by atoms with E-state index in [1.165, 1.54) is 17.7 Å². The molecule has 0 radical (unpaired) electrons. The SMILES string of the molecule is CSc1nc2ncnc(NCC#N)c2s1. The Morgan fingerprint density at radius 2 is 2.47 bits per heavy atom. The van der Waals surface area contributed by atoms with Gasteiger partial charge in [0, 0.05) is 0 Å². The maximum absolute atomic E-state index is 8.48. The van der Waals surface area contributed by atoms with Crippen molar-refractivity contribution in [3.05, 3.63) is 6.33 Å². The van der Waals surface area contributed by atoms with Crippen molar-refractivity contribution in [2.75, 3.05) is 18.1 Å². The molecule has 0 spiro atoms. The zero-order valence-corrected chi connectivity index (χ0v) is 9.52. The van der Waals surface area contributed by atoms with Crippen molar-refractivity contribution in [1.29, 1.82) is 5.26 Å². The molecule has 1 N–H and O–H groups in total. The van der Waals surface area contributed by atoms with Crippen molar-refractivity contribution >= 4 is 39.3 Å². The summed E-state index contributed by atoms with van der Waals surface area (Å²) in [7, 11) is 0. The van der Waals surface area contributed by atoms with Gasteiger partial charge in [-0.15, -0.1) is 11.3 Å². The van der Waals surface area contributed by atoms with Gasteiger partial charge in [0.2, 0.25) is 0 Å². The third-order valence-corrected chi connectivity index (χ3v) is 3.72. The summed E-state index contributed by atoms with van der Waals surface area (Å²) in [6.07, 6.45) is 3.42. The van der Waals surface area contributed by atoms with Crippen LogP contribution in [0.25, 0.3) is 10.3 Å². The van der Waals surface area contributed by atoms with Crippen LogP contribution in [0.2, 0.25) is 0 Å². The molecule has 0 bridgehead atoms. The second kappa shape index (κ2) is 4.42. The Kier molecular flexibility index (Phi) is 2.99. The van der Waals surface area contributed by atoms with E-state index in [1.807, 2.05) is 12.3 Å². The highest BCUT2D eigenvalue weighted by Crippen LogP contribution is 2.30. The molecule has 0 aliphatic rings. The monoisotopic (exact) mass is 237 g/mol. The predicted octanol–water partition coefficient (Wildman–Crippen LogP) is 1.74. The van der Waals surface area contributed by atoms with Crippen LogP contribution in [-0.4, -0.2) is 27.8 Å². The predicted molar refractivity (Wildman–Crippen MR) is 61.1 cm³/mol. The first-order valence-corrected chi connectivity index (χ1v) is 6.15. The molecule has 2 heterocycles. The molecule has 0 unspecified atom stereocenters. The van der Waals surface area contributed by atoms with Gasteiger partial charge >= 0.3 is 0 Å². The maximum atomic E-state index is 8.48. The lowest BCUT2D eigenvalue weighted by molar-refractivity contribution is 1.15. The molecule has 2 rings (SSSR count). The molecule has 76 valence electrons. The standard InChI is InChI=1S/C8H7N5S2/c1-14-8-13-7-5(15-8)6(10-3-2-9)11-4-12-7/h4H,3H2,1H3,(H,10,11,12). The Hall–Kier alpha value is -1.39. The van der Waals surface area contributed by atoms with E-state index in [0.717, 1.165) is 9.04 Å². The van der Waals surface area contributed by atoms with Crippen LogP contribution in [0.4, 0.5) is 5.82 Å². The maximum Gasteiger partial charge on any atom is 0.176 e. The summed E-state index contributed by atoms with van der Waals surface area (Å²) in [6, 6.07) is 2.01. The van der Waals surface area contributed by atoms with E-state index in [0.29, 0.717) is 11.5 Å². The summed E-state index contributed by atoms with van der Waals surface area (Å²) in [4.78, 5) is 12.5. The van der Waals surface area contributed by atoms with Crippen LogP contribution in [0, 0.1) is 11.3 Å². The molecule has 5 nitrogen and oxygen atoms in total. The summed E-state index contributed by atoms with van der Waals surface area (Å²) in [5, 5.41) is 11.4. The van der Waals surface area contributed by atoms with E-state index in [4.69, 9.17) is 5.26 Å². The zero-order chi connectivity index (χ0) is 10.7. The Bertz CT molecular complexity index is 515. The number of hydrogen-bond donors (Lipinski definition) is 1. The molecule has 0 aromatic carbocycles. The summed E-state index contributed by atoms with van der Waals surface area (Å²) >= 11 is 3.10. The van der Waals surface area contributed by atoms with Gasteiger partial charge in [0.15, 0.2) is 9.99 Å². The lowest BCUT2D eigenvalue weighted by Crippen LogP contribution is -2.00. The third-order valence-electron chi connectivity index (χ3n) is 1.68. The van der Waals surface area contributed by atoms with Crippen LogP contribution in [0.5, 0.6) is 0 Å². The van der Waals surface area contributed by atoms with Crippen molar-refractivity contribution in [2.24, 2.45) is 0 Å². The molecule has 0 aliphatic heterocycles. The van der Waals surface area contributed by atoms with Crippen LogP contribution < -0.4 is 5.32 Å². The van der Waals surface area contributed by atoms with Gasteiger partial charge in [-0.2, -0.15) is 5.26 Å². The highest BCUT2D eigenvalue weighted by atomic mass is 32.2. The number of nitrogens with one attached hydrogen (secondary N) is 1. The van der Waals surface area contributed by atoms with Crippen molar-refractivity contribution in [3.63, 3.8) is 0 Å². The molecule has 2 aromatic rings. The molecule has 0 saturated carbocycles. The number of rotatable bonds is 3. The van der Waals surface area contributed by atoms with E-state index >= 15 is 0 Å². The molecule has 0 fully saturated rings. The van der Waals surface area contributed by atoms with E-state index in [1.54, 1.807) is 11.8 Å². The third kappa shape index (κ3) is 2.00. The Morgan fingerprint density at radius 3 is 3.20 bits per heavy atom. The fraction of sp³-hybridized carbons (Fsp3) is 0.250. The van der Waals surface area contributed by atoms with Crippen molar-refractivity contribution in [3.8, 4) is 6.07 Å². The minimum Gasteiger partial charge on any atom is -0.356 e. The van der Waals surface area contributed by atoms with Gasteiger partial charge in [-0.25, -0.2) is 15.0 Å². The van der Waals surface area contributed by atoms with Crippen LogP contribution in [-0.2, 0) is 0 Å². The second-order valence-corrected chi connectivity index (χ2v) is 4.62. The van der Waals surface area contributed by atoms with E-state index < -0.39 is 0 Å². The number of thioether (sulfide) groups is 1. The largest absolute Gasteiger partial charge is 0.356 e. The summed E-state index contributed by atoms with van der Waals surface area (Å²) in [6.45, 7) is 0.235. The number of thiazole rings is 1.